The predicted molar refractivity (Wildman–Crippen MR) is 101 cm³/mol. The second-order valence-electron chi connectivity index (χ2n) is 6.48. The van der Waals surface area contributed by atoms with Crippen molar-refractivity contribution < 1.29 is 9.59 Å². The number of nitrogens with one attached hydrogen (secondary N) is 2. The molecule has 1 fully saturated rings. The number of hydrogen-bond donors (Lipinski definition) is 3. The van der Waals surface area contributed by atoms with Gasteiger partial charge in [-0.15, -0.1) is 11.3 Å². The molecule has 0 aliphatic heterocycles. The van der Waals surface area contributed by atoms with E-state index >= 15 is 0 Å². The molecule has 5 nitrogen and oxygen atoms in total. The number of urea groups is 1. The summed E-state index contributed by atoms with van der Waals surface area (Å²) in [6.07, 6.45) is 4.98. The largest absolute Gasteiger partial charge is 0.369 e. The fourth-order valence-corrected chi connectivity index (χ4v) is 4.27. The Morgan fingerprint density at radius 3 is 2.48 bits per heavy atom. The van der Waals surface area contributed by atoms with E-state index < -0.39 is 0 Å². The highest BCUT2D eigenvalue weighted by Gasteiger charge is 2.28. The Morgan fingerprint density at radius 2 is 1.88 bits per heavy atom. The molecule has 1 saturated carbocycles. The molecule has 4 N–H and O–H groups in total. The number of rotatable bonds is 6. The molecule has 1 aliphatic rings. The molecule has 1 heterocycles. The molecule has 0 saturated heterocycles. The lowest BCUT2D eigenvalue weighted by Crippen LogP contribution is -2.35. The highest BCUT2D eigenvalue weighted by molar-refractivity contribution is 7.10. The van der Waals surface area contributed by atoms with Crippen LogP contribution in [-0.2, 0) is 11.2 Å². The minimum Gasteiger partial charge on any atom is -0.369 e. The first-order valence-corrected chi connectivity index (χ1v) is 9.48. The van der Waals surface area contributed by atoms with Crippen molar-refractivity contribution in [2.24, 2.45) is 11.7 Å². The number of carbonyl (C=O) groups is 2. The molecule has 25 heavy (non-hydrogen) atoms. The van der Waals surface area contributed by atoms with Crippen LogP contribution in [0.1, 0.15) is 42.2 Å². The summed E-state index contributed by atoms with van der Waals surface area (Å²) in [7, 11) is 0. The molecule has 6 heteroatoms. The summed E-state index contributed by atoms with van der Waals surface area (Å²) in [6, 6.07) is 11.2. The maximum Gasteiger partial charge on any atom is 0.319 e. The number of nitrogens with two attached hydrogens (primary N) is 1. The van der Waals surface area contributed by atoms with Gasteiger partial charge in [-0.05, 0) is 47.9 Å². The lowest BCUT2D eigenvalue weighted by molar-refractivity contribution is -0.117. The number of thiophene rings is 1. The van der Waals surface area contributed by atoms with Gasteiger partial charge in [-0.25, -0.2) is 4.79 Å². The molecule has 3 rings (SSSR count). The molecule has 0 radical (unpaired) electrons. The molecule has 1 aliphatic carbocycles. The van der Waals surface area contributed by atoms with Gasteiger partial charge < -0.3 is 16.4 Å². The summed E-state index contributed by atoms with van der Waals surface area (Å²) in [5.41, 5.74) is 6.72. The van der Waals surface area contributed by atoms with Crippen molar-refractivity contribution in [1.29, 1.82) is 0 Å². The van der Waals surface area contributed by atoms with E-state index in [-0.39, 0.29) is 24.4 Å². The fourth-order valence-electron chi connectivity index (χ4n) is 3.40. The second-order valence-corrected chi connectivity index (χ2v) is 7.46. The van der Waals surface area contributed by atoms with E-state index in [0.29, 0.717) is 11.6 Å². The van der Waals surface area contributed by atoms with Crippen LogP contribution in [0.15, 0.2) is 41.8 Å². The van der Waals surface area contributed by atoms with Gasteiger partial charge in [0.1, 0.15) is 0 Å². The van der Waals surface area contributed by atoms with Crippen LogP contribution in [0, 0.1) is 5.92 Å². The Hall–Kier alpha value is -2.34. The normalized spacial score (nSPS) is 15.7. The lowest BCUT2D eigenvalue weighted by Gasteiger charge is -2.24. The van der Waals surface area contributed by atoms with Crippen molar-refractivity contribution in [3.05, 3.63) is 52.2 Å². The van der Waals surface area contributed by atoms with E-state index in [2.05, 4.69) is 16.7 Å². The average molecular weight is 357 g/mol. The molecule has 1 aromatic carbocycles. The fraction of sp³-hybridized carbons (Fsp3) is 0.368. The monoisotopic (exact) mass is 357 g/mol. The lowest BCUT2D eigenvalue weighted by atomic mass is 9.97. The smallest absolute Gasteiger partial charge is 0.319 e. The minimum absolute atomic E-state index is 0.0663. The molecule has 132 valence electrons. The molecular formula is C19H23N3O2S. The van der Waals surface area contributed by atoms with Crippen molar-refractivity contribution in [1.82, 2.24) is 5.32 Å². The standard InChI is InChI=1S/C19H23N3O2S/c20-17(23)12-13-7-9-15(10-8-13)21-19(24)22-18(14-4-1-2-5-14)16-6-3-11-25-16/h3,6-11,14,18H,1-2,4-5,12H2,(H2,20,23)(H2,21,22,24)/t18-/m0/s1. The van der Waals surface area contributed by atoms with Gasteiger partial charge in [0, 0.05) is 10.6 Å². The number of primary amides is 1. The topological polar surface area (TPSA) is 84.2 Å². The summed E-state index contributed by atoms with van der Waals surface area (Å²) in [5.74, 6) is 0.135. The molecule has 0 unspecified atom stereocenters. The number of amides is 3. The highest BCUT2D eigenvalue weighted by atomic mass is 32.1. The van der Waals surface area contributed by atoms with Gasteiger partial charge >= 0.3 is 6.03 Å². The molecule has 3 amide bonds. The van der Waals surface area contributed by atoms with Gasteiger partial charge in [0.2, 0.25) is 5.91 Å². The van der Waals surface area contributed by atoms with E-state index in [0.717, 1.165) is 18.4 Å². The van der Waals surface area contributed by atoms with Gasteiger partial charge in [0.25, 0.3) is 0 Å². The maximum atomic E-state index is 12.4. The second kappa shape index (κ2) is 8.16. The maximum absolute atomic E-state index is 12.4. The zero-order valence-electron chi connectivity index (χ0n) is 14.0. The summed E-state index contributed by atoms with van der Waals surface area (Å²) >= 11 is 1.69. The Labute approximate surface area is 151 Å². The van der Waals surface area contributed by atoms with Crippen LogP contribution >= 0.6 is 11.3 Å². The molecule has 0 bridgehead atoms. The van der Waals surface area contributed by atoms with Crippen LogP contribution in [0.5, 0.6) is 0 Å². The van der Waals surface area contributed by atoms with E-state index in [9.17, 15) is 9.59 Å². The van der Waals surface area contributed by atoms with E-state index in [1.165, 1.54) is 17.7 Å². The zero-order chi connectivity index (χ0) is 17.6. The minimum atomic E-state index is -0.367. The van der Waals surface area contributed by atoms with Gasteiger partial charge in [-0.2, -0.15) is 0 Å². The Kier molecular flexibility index (Phi) is 5.71. The van der Waals surface area contributed by atoms with Gasteiger partial charge in [0.05, 0.1) is 12.5 Å². The summed E-state index contributed by atoms with van der Waals surface area (Å²) in [4.78, 5) is 24.6. The average Bonchev–Trinajstić information content (AvgIpc) is 3.28. The highest BCUT2D eigenvalue weighted by Crippen LogP contribution is 2.37. The quantitative estimate of drug-likeness (QED) is 0.734. The molecule has 0 spiro atoms. The molecule has 2 aromatic rings. The van der Waals surface area contributed by atoms with Crippen LogP contribution in [0.3, 0.4) is 0 Å². The number of carbonyl (C=O) groups excluding carboxylic acids is 2. The predicted octanol–water partition coefficient (Wildman–Crippen LogP) is 3.83. The SMILES string of the molecule is NC(=O)Cc1ccc(NC(=O)N[C@H](c2cccs2)C2CCCC2)cc1. The Morgan fingerprint density at radius 1 is 1.16 bits per heavy atom. The Bertz CT molecular complexity index is 707. The molecular weight excluding hydrogens is 334 g/mol. The molecule has 1 atom stereocenters. The van der Waals surface area contributed by atoms with Crippen LogP contribution < -0.4 is 16.4 Å². The van der Waals surface area contributed by atoms with Crippen molar-refractivity contribution in [2.75, 3.05) is 5.32 Å². The zero-order valence-corrected chi connectivity index (χ0v) is 14.9. The van der Waals surface area contributed by atoms with Crippen LogP contribution in [0.2, 0.25) is 0 Å². The summed E-state index contributed by atoms with van der Waals surface area (Å²) < 4.78 is 0. The van der Waals surface area contributed by atoms with Crippen molar-refractivity contribution in [3.8, 4) is 0 Å². The number of benzene rings is 1. The molecule has 1 aromatic heterocycles. The van der Waals surface area contributed by atoms with E-state index in [4.69, 9.17) is 5.73 Å². The summed E-state index contributed by atoms with van der Waals surface area (Å²) in [5, 5.41) is 8.07. The van der Waals surface area contributed by atoms with Gasteiger partial charge in [-0.1, -0.05) is 31.0 Å². The van der Waals surface area contributed by atoms with E-state index in [1.54, 1.807) is 35.6 Å². The van der Waals surface area contributed by atoms with Gasteiger partial charge in [0.15, 0.2) is 0 Å². The Balaban J connectivity index is 1.62. The number of hydrogen-bond acceptors (Lipinski definition) is 3. The third kappa shape index (κ3) is 4.82. The summed E-state index contributed by atoms with van der Waals surface area (Å²) in [6.45, 7) is 0. The first-order chi connectivity index (χ1) is 12.1. The van der Waals surface area contributed by atoms with Crippen molar-refractivity contribution in [2.45, 2.75) is 38.1 Å². The third-order valence-corrected chi connectivity index (χ3v) is 5.55. The van der Waals surface area contributed by atoms with E-state index in [1.807, 2.05) is 11.4 Å². The van der Waals surface area contributed by atoms with Crippen molar-refractivity contribution in [3.63, 3.8) is 0 Å². The van der Waals surface area contributed by atoms with Crippen LogP contribution in [0.25, 0.3) is 0 Å². The van der Waals surface area contributed by atoms with Crippen LogP contribution in [-0.4, -0.2) is 11.9 Å². The first kappa shape index (κ1) is 17.5. The van der Waals surface area contributed by atoms with Gasteiger partial charge in [-0.3, -0.25) is 4.79 Å². The van der Waals surface area contributed by atoms with Crippen LogP contribution in [0.4, 0.5) is 10.5 Å². The first-order valence-electron chi connectivity index (χ1n) is 8.60. The third-order valence-electron chi connectivity index (χ3n) is 4.60. The number of anilines is 1. The van der Waals surface area contributed by atoms with Crippen molar-refractivity contribution >= 4 is 29.0 Å².